The Balaban J connectivity index is 0.00000151. The summed E-state index contributed by atoms with van der Waals surface area (Å²) in [6, 6.07) is 15.2. The van der Waals surface area contributed by atoms with E-state index in [9.17, 15) is 13.6 Å². The summed E-state index contributed by atoms with van der Waals surface area (Å²) in [6.45, 7) is 3.74. The van der Waals surface area contributed by atoms with Gasteiger partial charge in [0.15, 0.2) is 0 Å². The van der Waals surface area contributed by atoms with Gasteiger partial charge in [0.1, 0.15) is 11.2 Å². The van der Waals surface area contributed by atoms with Crippen molar-refractivity contribution in [1.82, 2.24) is 0 Å². The first-order valence-electron chi connectivity index (χ1n) is 7.86. The smallest absolute Gasteiger partial charge is 0.237 e. The summed E-state index contributed by atoms with van der Waals surface area (Å²) in [5.41, 5.74) is 6.87. The number of hydrogen-bond donors (Lipinski definition) is 1. The highest BCUT2D eigenvalue weighted by Crippen LogP contribution is 2.40. The van der Waals surface area contributed by atoms with E-state index in [1.54, 1.807) is 12.1 Å². The number of primary amides is 1. The van der Waals surface area contributed by atoms with Crippen molar-refractivity contribution in [2.24, 2.45) is 5.73 Å². The Kier molecular flexibility index (Phi) is 7.73. The van der Waals surface area contributed by atoms with Crippen molar-refractivity contribution in [2.45, 2.75) is 19.3 Å². The van der Waals surface area contributed by atoms with Crippen LogP contribution in [0.5, 0.6) is 0 Å². The number of carbonyl (C=O) groups excluding carboxylic acids is 1. The Morgan fingerprint density at radius 3 is 1.92 bits per heavy atom. The second-order valence-corrected chi connectivity index (χ2v) is 5.23. The van der Waals surface area contributed by atoms with Gasteiger partial charge in [-0.25, -0.2) is 4.39 Å². The molecule has 132 valence electrons. The third-order valence-electron chi connectivity index (χ3n) is 3.94. The lowest BCUT2D eigenvalue weighted by molar-refractivity contribution is -0.121. The average molecular weight is 343 g/mol. The largest absolute Gasteiger partial charge is 0.368 e. The van der Waals surface area contributed by atoms with Gasteiger partial charge in [-0.2, -0.15) is 0 Å². The molecule has 0 saturated heterocycles. The zero-order valence-corrected chi connectivity index (χ0v) is 14.7. The van der Waals surface area contributed by atoms with Crippen LogP contribution in [0.25, 0.3) is 0 Å². The van der Waals surface area contributed by atoms with Gasteiger partial charge < -0.3 is 5.73 Å². The quantitative estimate of drug-likeness (QED) is 0.785. The Hall–Kier alpha value is -2.75. The first-order valence-corrected chi connectivity index (χ1v) is 7.86. The molecule has 0 aromatic heterocycles. The maximum absolute atomic E-state index is 13.4. The van der Waals surface area contributed by atoms with E-state index in [1.165, 1.54) is 12.1 Å². The lowest BCUT2D eigenvalue weighted by Gasteiger charge is -2.33. The molecule has 0 radical (unpaired) electrons. The number of carbonyl (C=O) groups is 1. The fraction of sp³-hybridized carbons (Fsp3) is 0.190. The molecule has 0 heterocycles. The summed E-state index contributed by atoms with van der Waals surface area (Å²) in [5, 5.41) is 0. The number of alkyl halides is 1. The van der Waals surface area contributed by atoms with E-state index in [-0.39, 0.29) is 5.82 Å². The maximum atomic E-state index is 13.4. The van der Waals surface area contributed by atoms with E-state index in [2.05, 4.69) is 0 Å². The SMILES string of the molecule is C/C=C\C(=C/C)C(C(N)=O)(c1ccccc1)c1ccc(F)cc1.CF. The van der Waals surface area contributed by atoms with Crippen LogP contribution in [0.4, 0.5) is 8.78 Å². The molecule has 1 amide bonds. The molecule has 0 aliphatic rings. The zero-order valence-electron chi connectivity index (χ0n) is 14.7. The van der Waals surface area contributed by atoms with Crippen molar-refractivity contribution in [1.29, 1.82) is 0 Å². The standard InChI is InChI=1S/C20H20FNO.CH3F/c1-3-8-15(4-2)20(19(22)23,16-9-6-5-7-10-16)17-11-13-18(21)14-12-17;1-2/h3-14H,1-2H3,(H2,22,23);1H3/b8-3-,15-4+;. The van der Waals surface area contributed by atoms with Gasteiger partial charge in [-0.05, 0) is 42.7 Å². The Morgan fingerprint density at radius 2 is 1.48 bits per heavy atom. The van der Waals surface area contributed by atoms with Crippen LogP contribution in [0.15, 0.2) is 78.4 Å². The molecule has 0 bridgehead atoms. The van der Waals surface area contributed by atoms with E-state index in [1.807, 2.05) is 62.4 Å². The number of hydrogen-bond acceptors (Lipinski definition) is 1. The predicted molar refractivity (Wildman–Crippen MR) is 98.4 cm³/mol. The van der Waals surface area contributed by atoms with E-state index in [4.69, 9.17) is 5.73 Å². The number of nitrogens with two attached hydrogens (primary N) is 1. The van der Waals surface area contributed by atoms with Gasteiger partial charge in [0.25, 0.3) is 0 Å². The second kappa shape index (κ2) is 9.52. The van der Waals surface area contributed by atoms with Crippen LogP contribution < -0.4 is 5.73 Å². The minimum atomic E-state index is -1.16. The molecule has 0 aliphatic carbocycles. The Bertz CT molecular complexity index is 736. The van der Waals surface area contributed by atoms with Crippen LogP contribution >= 0.6 is 0 Å². The summed E-state index contributed by atoms with van der Waals surface area (Å²) in [5.74, 6) is -0.852. The highest BCUT2D eigenvalue weighted by molar-refractivity contribution is 5.95. The molecule has 1 atom stereocenters. The Morgan fingerprint density at radius 1 is 0.960 bits per heavy atom. The molecule has 0 spiro atoms. The predicted octanol–water partition coefficient (Wildman–Crippen LogP) is 4.71. The fourth-order valence-electron chi connectivity index (χ4n) is 2.93. The molecule has 2 nitrogen and oxygen atoms in total. The van der Waals surface area contributed by atoms with Gasteiger partial charge in [-0.1, -0.05) is 60.7 Å². The van der Waals surface area contributed by atoms with Crippen molar-refractivity contribution < 1.29 is 13.6 Å². The van der Waals surface area contributed by atoms with Gasteiger partial charge in [-0.3, -0.25) is 9.18 Å². The van der Waals surface area contributed by atoms with E-state index in [0.29, 0.717) is 12.7 Å². The van der Waals surface area contributed by atoms with Gasteiger partial charge in [-0.15, -0.1) is 0 Å². The van der Waals surface area contributed by atoms with Crippen LogP contribution in [0.2, 0.25) is 0 Å². The number of amides is 1. The molecular weight excluding hydrogens is 320 g/mol. The molecule has 1 unspecified atom stereocenters. The van der Waals surface area contributed by atoms with Crippen LogP contribution in [0.1, 0.15) is 25.0 Å². The van der Waals surface area contributed by atoms with E-state index >= 15 is 0 Å². The number of halogens is 2. The van der Waals surface area contributed by atoms with Crippen molar-refractivity contribution in [3.05, 3.63) is 95.3 Å². The van der Waals surface area contributed by atoms with Crippen molar-refractivity contribution in [3.63, 3.8) is 0 Å². The third-order valence-corrected chi connectivity index (χ3v) is 3.94. The summed E-state index contributed by atoms with van der Waals surface area (Å²) >= 11 is 0. The third kappa shape index (κ3) is 4.02. The highest BCUT2D eigenvalue weighted by Gasteiger charge is 2.42. The van der Waals surface area contributed by atoms with E-state index in [0.717, 1.165) is 11.1 Å². The molecule has 4 heteroatoms. The summed E-state index contributed by atoms with van der Waals surface area (Å²) in [4.78, 5) is 12.6. The number of rotatable bonds is 5. The van der Waals surface area contributed by atoms with Crippen LogP contribution in [-0.4, -0.2) is 13.1 Å². The molecule has 2 N–H and O–H groups in total. The number of benzene rings is 2. The molecule has 2 aromatic carbocycles. The zero-order chi connectivity index (χ0) is 18.9. The molecule has 0 aliphatic heterocycles. The minimum absolute atomic E-state index is 0.353. The summed E-state index contributed by atoms with van der Waals surface area (Å²) in [7, 11) is 0.500. The first kappa shape index (κ1) is 20.3. The van der Waals surface area contributed by atoms with Crippen LogP contribution in [0.3, 0.4) is 0 Å². The normalized spacial score (nSPS) is 13.7. The summed E-state index contributed by atoms with van der Waals surface area (Å²) in [6.07, 6.45) is 5.59. The van der Waals surface area contributed by atoms with E-state index < -0.39 is 11.3 Å². The molecule has 2 rings (SSSR count). The lowest BCUT2D eigenvalue weighted by Crippen LogP contribution is -2.43. The average Bonchev–Trinajstić information content (AvgIpc) is 2.65. The number of allylic oxidation sites excluding steroid dienone is 3. The molecule has 0 saturated carbocycles. The minimum Gasteiger partial charge on any atom is -0.368 e. The fourth-order valence-corrected chi connectivity index (χ4v) is 2.93. The van der Waals surface area contributed by atoms with Crippen molar-refractivity contribution in [3.8, 4) is 0 Å². The van der Waals surface area contributed by atoms with Gasteiger partial charge in [0.2, 0.25) is 5.91 Å². The summed E-state index contributed by atoms with van der Waals surface area (Å²) < 4.78 is 22.9. The van der Waals surface area contributed by atoms with Gasteiger partial charge in [0.05, 0.1) is 7.18 Å². The highest BCUT2D eigenvalue weighted by atomic mass is 19.1. The van der Waals surface area contributed by atoms with Crippen LogP contribution in [0, 0.1) is 5.82 Å². The van der Waals surface area contributed by atoms with Gasteiger partial charge >= 0.3 is 0 Å². The first-order chi connectivity index (χ1) is 12.1. The maximum Gasteiger partial charge on any atom is 0.237 e. The lowest BCUT2D eigenvalue weighted by atomic mass is 9.68. The van der Waals surface area contributed by atoms with Crippen molar-refractivity contribution >= 4 is 5.91 Å². The second-order valence-electron chi connectivity index (χ2n) is 5.23. The Labute approximate surface area is 147 Å². The van der Waals surface area contributed by atoms with Crippen LogP contribution in [-0.2, 0) is 10.2 Å². The molecule has 25 heavy (non-hydrogen) atoms. The van der Waals surface area contributed by atoms with Crippen molar-refractivity contribution in [2.75, 3.05) is 7.18 Å². The molecule has 0 fully saturated rings. The monoisotopic (exact) mass is 343 g/mol. The van der Waals surface area contributed by atoms with Gasteiger partial charge in [0, 0.05) is 0 Å². The molecular formula is C21H23F2NO. The topological polar surface area (TPSA) is 43.1 Å². The molecule has 2 aromatic rings.